The van der Waals surface area contributed by atoms with Crippen molar-refractivity contribution in [3.63, 3.8) is 0 Å². The molecule has 1 aromatic rings. The minimum atomic E-state index is -4.56. The maximum absolute atomic E-state index is 12.8. The van der Waals surface area contributed by atoms with E-state index in [9.17, 15) is 32.3 Å². The molecule has 31 heavy (non-hydrogen) atoms. The number of rotatable bonds is 5. The second-order valence-electron chi connectivity index (χ2n) is 8.34. The zero-order chi connectivity index (χ0) is 22.5. The van der Waals surface area contributed by atoms with Crippen LogP contribution in [0.3, 0.4) is 0 Å². The van der Waals surface area contributed by atoms with Crippen molar-refractivity contribution in [1.29, 1.82) is 0 Å². The minimum Gasteiger partial charge on any atom is -0.454 e. The van der Waals surface area contributed by atoms with Gasteiger partial charge in [-0.05, 0) is 56.2 Å². The number of fused-ring (bicyclic) bond motifs is 5. The Bertz CT molecular complexity index is 919. The van der Waals surface area contributed by atoms with E-state index in [0.717, 1.165) is 42.4 Å². The van der Waals surface area contributed by atoms with E-state index in [4.69, 9.17) is 4.74 Å². The number of imide groups is 1. The fourth-order valence-electron chi connectivity index (χ4n) is 5.15. The third-order valence-corrected chi connectivity index (χ3v) is 6.51. The highest BCUT2D eigenvalue weighted by molar-refractivity contribution is 6.08. The molecule has 5 atom stereocenters. The second-order valence-corrected chi connectivity index (χ2v) is 8.34. The minimum absolute atomic E-state index is 0.0999. The fraction of sp³-hybridized carbons (Fsp3) is 0.524. The van der Waals surface area contributed by atoms with Crippen LogP contribution in [0.5, 0.6) is 0 Å². The van der Waals surface area contributed by atoms with Gasteiger partial charge in [-0.3, -0.25) is 19.3 Å². The highest BCUT2D eigenvalue weighted by atomic mass is 19.4. The molecular weight excluding hydrogens is 417 g/mol. The Labute approximate surface area is 175 Å². The molecule has 1 saturated heterocycles. The van der Waals surface area contributed by atoms with Crippen molar-refractivity contribution in [3.05, 3.63) is 29.8 Å². The maximum Gasteiger partial charge on any atom is 0.416 e. The molecule has 3 fully saturated rings. The highest BCUT2D eigenvalue weighted by Crippen LogP contribution is 2.56. The number of likely N-dealkylation sites (tertiary alicyclic amines) is 1. The van der Waals surface area contributed by atoms with Gasteiger partial charge in [0.1, 0.15) is 6.04 Å². The molecule has 1 aromatic carbocycles. The van der Waals surface area contributed by atoms with E-state index in [1.165, 1.54) is 13.0 Å². The largest absolute Gasteiger partial charge is 0.454 e. The molecule has 1 N–H and O–H groups in total. The monoisotopic (exact) mass is 438 g/mol. The number of alkyl halides is 3. The topological polar surface area (TPSA) is 92.8 Å². The first-order chi connectivity index (χ1) is 14.6. The van der Waals surface area contributed by atoms with Gasteiger partial charge in [0.25, 0.3) is 5.91 Å². The SMILES string of the molecule is C[C@H](C(=O)OCC(=O)Nc1cccc(C(F)(F)F)c1)N1C(=O)[C@@H]2[C@H]3CC[C@@H](C3)[C@H]2C1=O. The molecule has 0 spiro atoms. The van der Waals surface area contributed by atoms with Crippen molar-refractivity contribution in [2.45, 2.75) is 38.4 Å². The van der Waals surface area contributed by atoms with E-state index in [0.29, 0.717) is 0 Å². The average Bonchev–Trinajstić information content (AvgIpc) is 3.39. The molecule has 3 amide bonds. The normalized spacial score (nSPS) is 27.9. The first-order valence-corrected chi connectivity index (χ1v) is 10.1. The van der Waals surface area contributed by atoms with Gasteiger partial charge < -0.3 is 10.1 Å². The summed E-state index contributed by atoms with van der Waals surface area (Å²) in [4.78, 5) is 50.8. The van der Waals surface area contributed by atoms with Crippen molar-refractivity contribution < 1.29 is 37.1 Å². The van der Waals surface area contributed by atoms with Crippen LogP contribution in [0.25, 0.3) is 0 Å². The summed E-state index contributed by atoms with van der Waals surface area (Å²) in [6.45, 7) is 0.611. The van der Waals surface area contributed by atoms with E-state index >= 15 is 0 Å². The number of benzene rings is 1. The van der Waals surface area contributed by atoms with Gasteiger partial charge in [0.2, 0.25) is 11.8 Å². The van der Waals surface area contributed by atoms with Crippen LogP contribution in [-0.2, 0) is 30.1 Å². The lowest BCUT2D eigenvalue weighted by Crippen LogP contribution is -2.45. The summed E-state index contributed by atoms with van der Waals surface area (Å²) < 4.78 is 43.2. The van der Waals surface area contributed by atoms with Crippen molar-refractivity contribution in [1.82, 2.24) is 4.90 Å². The first-order valence-electron chi connectivity index (χ1n) is 10.1. The number of hydrogen-bond acceptors (Lipinski definition) is 5. The third kappa shape index (κ3) is 3.79. The molecule has 4 rings (SSSR count). The van der Waals surface area contributed by atoms with Gasteiger partial charge in [-0.15, -0.1) is 0 Å². The summed E-state index contributed by atoms with van der Waals surface area (Å²) in [5, 5.41) is 2.22. The van der Waals surface area contributed by atoms with Crippen molar-refractivity contribution in [3.8, 4) is 0 Å². The molecule has 166 valence electrons. The second kappa shape index (κ2) is 7.65. The Morgan fingerprint density at radius 3 is 2.35 bits per heavy atom. The van der Waals surface area contributed by atoms with E-state index in [1.807, 2.05) is 0 Å². The molecule has 2 bridgehead atoms. The number of carbonyl (C=O) groups is 4. The van der Waals surface area contributed by atoms with Crippen LogP contribution < -0.4 is 5.32 Å². The molecule has 7 nitrogen and oxygen atoms in total. The Balaban J connectivity index is 1.33. The number of hydrogen-bond donors (Lipinski definition) is 1. The van der Waals surface area contributed by atoms with Gasteiger partial charge in [0, 0.05) is 5.69 Å². The number of esters is 1. The number of nitrogens with one attached hydrogen (secondary N) is 1. The standard InChI is InChI=1S/C21H21F3N2O5/c1-10(26-18(28)16-11-5-6-12(7-11)17(16)19(26)29)20(30)31-9-15(27)25-14-4-2-3-13(8-14)21(22,23)24/h2-4,8,10-12,16-17H,5-7,9H2,1H3,(H,25,27)/t10-,11+,12+,16-,17-/m1/s1. The van der Waals surface area contributed by atoms with Crippen LogP contribution in [0.4, 0.5) is 18.9 Å². The zero-order valence-corrected chi connectivity index (χ0v) is 16.6. The quantitative estimate of drug-likeness (QED) is 0.564. The van der Waals surface area contributed by atoms with Crippen LogP contribution >= 0.6 is 0 Å². The lowest BCUT2D eigenvalue weighted by atomic mass is 9.81. The molecule has 2 aliphatic carbocycles. The Morgan fingerprint density at radius 1 is 1.16 bits per heavy atom. The number of nitrogens with zero attached hydrogens (tertiary/aromatic N) is 1. The van der Waals surface area contributed by atoms with Gasteiger partial charge in [-0.25, -0.2) is 4.79 Å². The van der Waals surface area contributed by atoms with Gasteiger partial charge in [0.05, 0.1) is 17.4 Å². The summed E-state index contributed by atoms with van der Waals surface area (Å²) in [5.74, 6) is -2.87. The molecule has 2 saturated carbocycles. The summed E-state index contributed by atoms with van der Waals surface area (Å²) in [5.41, 5.74) is -1.03. The molecule has 10 heteroatoms. The predicted octanol–water partition coefficient (Wildman–Crippen LogP) is 2.61. The van der Waals surface area contributed by atoms with Crippen LogP contribution in [0, 0.1) is 23.7 Å². The predicted molar refractivity (Wildman–Crippen MR) is 100 cm³/mol. The number of ether oxygens (including phenoxy) is 1. The summed E-state index contributed by atoms with van der Waals surface area (Å²) in [6.07, 6.45) is -1.87. The first kappa shape index (κ1) is 21.3. The number of carbonyl (C=O) groups excluding carboxylic acids is 4. The highest BCUT2D eigenvalue weighted by Gasteiger charge is 2.62. The summed E-state index contributed by atoms with van der Waals surface area (Å²) in [6, 6.07) is 2.86. The van der Waals surface area contributed by atoms with E-state index in [-0.39, 0.29) is 41.2 Å². The average molecular weight is 438 g/mol. The molecule has 0 aromatic heterocycles. The molecular formula is C21H21F3N2O5. The lowest BCUT2D eigenvalue weighted by Gasteiger charge is -2.23. The van der Waals surface area contributed by atoms with Crippen LogP contribution in [-0.4, -0.2) is 41.2 Å². The zero-order valence-electron chi connectivity index (χ0n) is 16.6. The molecule has 3 aliphatic rings. The number of anilines is 1. The van der Waals surface area contributed by atoms with Crippen molar-refractivity contribution in [2.75, 3.05) is 11.9 Å². The van der Waals surface area contributed by atoms with E-state index in [1.54, 1.807) is 0 Å². The smallest absolute Gasteiger partial charge is 0.416 e. The Morgan fingerprint density at radius 2 is 1.77 bits per heavy atom. The maximum atomic E-state index is 12.8. The number of amides is 3. The summed E-state index contributed by atoms with van der Waals surface area (Å²) >= 11 is 0. The van der Waals surface area contributed by atoms with Crippen LogP contribution in [0.1, 0.15) is 31.7 Å². The van der Waals surface area contributed by atoms with Gasteiger partial charge in [-0.1, -0.05) is 6.07 Å². The van der Waals surface area contributed by atoms with Crippen LogP contribution in [0.2, 0.25) is 0 Å². The van der Waals surface area contributed by atoms with E-state index < -0.39 is 36.3 Å². The summed E-state index contributed by atoms with van der Waals surface area (Å²) in [7, 11) is 0. The van der Waals surface area contributed by atoms with Crippen molar-refractivity contribution in [2.24, 2.45) is 23.7 Å². The lowest BCUT2D eigenvalue weighted by molar-refractivity contribution is -0.159. The van der Waals surface area contributed by atoms with Crippen LogP contribution in [0.15, 0.2) is 24.3 Å². The van der Waals surface area contributed by atoms with Gasteiger partial charge in [0.15, 0.2) is 6.61 Å². The fourth-order valence-corrected chi connectivity index (χ4v) is 5.15. The van der Waals surface area contributed by atoms with Gasteiger partial charge >= 0.3 is 12.1 Å². The molecule has 0 unspecified atom stereocenters. The van der Waals surface area contributed by atoms with Gasteiger partial charge in [-0.2, -0.15) is 13.2 Å². The van der Waals surface area contributed by atoms with Crippen molar-refractivity contribution >= 4 is 29.4 Å². The molecule has 1 aliphatic heterocycles. The molecule has 0 radical (unpaired) electrons. The number of halogens is 3. The Hall–Kier alpha value is -2.91. The Kier molecular flexibility index (Phi) is 5.26. The third-order valence-electron chi connectivity index (χ3n) is 6.51. The molecule has 1 heterocycles. The van der Waals surface area contributed by atoms with E-state index in [2.05, 4.69) is 5.32 Å².